The van der Waals surface area contributed by atoms with E-state index >= 15 is 0 Å². The third-order valence-electron chi connectivity index (χ3n) is 2.87. The first kappa shape index (κ1) is 22.0. The van der Waals surface area contributed by atoms with Crippen molar-refractivity contribution in [2.24, 2.45) is 4.99 Å². The third-order valence-corrected chi connectivity index (χ3v) is 2.87. The number of hydrogen-bond acceptors (Lipinski definition) is 2. The van der Waals surface area contributed by atoms with Crippen molar-refractivity contribution in [3.63, 3.8) is 0 Å². The Bertz CT molecular complexity index is 247. The first-order chi connectivity index (χ1) is 9.26. The summed E-state index contributed by atoms with van der Waals surface area (Å²) in [5.74, 6) is 1.00. The van der Waals surface area contributed by atoms with Crippen LogP contribution in [0.4, 0.5) is 0 Å². The Morgan fingerprint density at radius 3 is 2.65 bits per heavy atom. The monoisotopic (exact) mass is 397 g/mol. The number of methoxy groups -OCH3 is 1. The van der Waals surface area contributed by atoms with Gasteiger partial charge in [-0.3, -0.25) is 4.99 Å². The Kier molecular flexibility index (Phi) is 18.4. The van der Waals surface area contributed by atoms with E-state index in [4.69, 9.17) is 4.74 Å². The Labute approximate surface area is 142 Å². The minimum absolute atomic E-state index is 0. The fourth-order valence-corrected chi connectivity index (χ4v) is 1.78. The number of aliphatic imine (C=N–C) groups is 1. The Hall–Kier alpha value is -0.300. The van der Waals surface area contributed by atoms with Crippen LogP contribution < -0.4 is 5.32 Å². The van der Waals surface area contributed by atoms with Crippen LogP contribution in [0.3, 0.4) is 0 Å². The van der Waals surface area contributed by atoms with Crippen molar-refractivity contribution < 1.29 is 4.74 Å². The maximum atomic E-state index is 5.04. The largest absolute Gasteiger partial charge is 0.385 e. The average molecular weight is 397 g/mol. The highest BCUT2D eigenvalue weighted by atomic mass is 127. The van der Waals surface area contributed by atoms with Crippen LogP contribution in [0.2, 0.25) is 0 Å². The molecule has 0 aromatic carbocycles. The summed E-state index contributed by atoms with van der Waals surface area (Å²) in [5, 5.41) is 3.33. The number of allylic oxidation sites excluding steroid dienone is 1. The molecule has 120 valence electrons. The maximum absolute atomic E-state index is 5.04. The van der Waals surface area contributed by atoms with Crippen LogP contribution >= 0.6 is 24.0 Å². The second kappa shape index (κ2) is 16.8. The molecule has 0 unspecified atom stereocenters. The van der Waals surface area contributed by atoms with Crippen molar-refractivity contribution in [1.29, 1.82) is 0 Å². The molecule has 4 nitrogen and oxygen atoms in total. The number of ether oxygens (including phenoxy) is 1. The lowest BCUT2D eigenvalue weighted by molar-refractivity contribution is 0.197. The zero-order chi connectivity index (χ0) is 14.3. The van der Waals surface area contributed by atoms with E-state index in [1.807, 2.05) is 6.08 Å². The molecule has 0 aliphatic heterocycles. The Morgan fingerprint density at radius 2 is 2.05 bits per heavy atom. The lowest BCUT2D eigenvalue weighted by Gasteiger charge is -2.22. The lowest BCUT2D eigenvalue weighted by Crippen LogP contribution is -2.39. The van der Waals surface area contributed by atoms with Crippen LogP contribution in [0.25, 0.3) is 0 Å². The summed E-state index contributed by atoms with van der Waals surface area (Å²) in [6.07, 6.45) is 7.77. The van der Waals surface area contributed by atoms with E-state index < -0.39 is 0 Å². The number of halogens is 1. The van der Waals surface area contributed by atoms with E-state index in [1.54, 1.807) is 7.11 Å². The Morgan fingerprint density at radius 1 is 1.30 bits per heavy atom. The van der Waals surface area contributed by atoms with E-state index in [-0.39, 0.29) is 24.0 Å². The van der Waals surface area contributed by atoms with Crippen molar-refractivity contribution in [1.82, 2.24) is 10.2 Å². The quantitative estimate of drug-likeness (QED) is 0.191. The summed E-state index contributed by atoms with van der Waals surface area (Å²) in [4.78, 5) is 6.81. The van der Waals surface area contributed by atoms with Gasteiger partial charge in [0.05, 0.1) is 0 Å². The maximum Gasteiger partial charge on any atom is 0.193 e. The molecular weight excluding hydrogens is 365 g/mol. The summed E-state index contributed by atoms with van der Waals surface area (Å²) in [6, 6.07) is 0. The van der Waals surface area contributed by atoms with Crippen molar-refractivity contribution in [2.45, 2.75) is 39.0 Å². The topological polar surface area (TPSA) is 36.9 Å². The highest BCUT2D eigenvalue weighted by Crippen LogP contribution is 2.01. The van der Waals surface area contributed by atoms with E-state index in [9.17, 15) is 0 Å². The second-order valence-corrected chi connectivity index (χ2v) is 4.64. The molecule has 0 amide bonds. The van der Waals surface area contributed by atoms with Crippen molar-refractivity contribution in [2.75, 3.05) is 40.4 Å². The molecule has 0 fully saturated rings. The molecule has 5 heteroatoms. The molecule has 0 heterocycles. The first-order valence-corrected chi connectivity index (χ1v) is 7.35. The van der Waals surface area contributed by atoms with Gasteiger partial charge in [0.15, 0.2) is 5.96 Å². The van der Waals surface area contributed by atoms with Gasteiger partial charge in [-0.2, -0.15) is 0 Å². The van der Waals surface area contributed by atoms with Gasteiger partial charge in [-0.1, -0.05) is 12.5 Å². The molecule has 0 saturated heterocycles. The summed E-state index contributed by atoms with van der Waals surface area (Å²) in [6.45, 7) is 9.39. The van der Waals surface area contributed by atoms with Gasteiger partial charge in [-0.05, 0) is 32.6 Å². The summed E-state index contributed by atoms with van der Waals surface area (Å²) in [5.41, 5.74) is 0. The van der Waals surface area contributed by atoms with E-state index in [2.05, 4.69) is 35.8 Å². The number of nitrogens with one attached hydrogen (secondary N) is 1. The van der Waals surface area contributed by atoms with Gasteiger partial charge in [-0.25, -0.2) is 0 Å². The third kappa shape index (κ3) is 12.7. The molecule has 0 rings (SSSR count). The minimum atomic E-state index is 0. The summed E-state index contributed by atoms with van der Waals surface area (Å²) < 4.78 is 5.04. The fourth-order valence-electron chi connectivity index (χ4n) is 1.78. The number of guanidine groups is 1. The van der Waals surface area contributed by atoms with Crippen LogP contribution in [-0.2, 0) is 4.74 Å². The van der Waals surface area contributed by atoms with Gasteiger partial charge in [0.1, 0.15) is 0 Å². The normalized spacial score (nSPS) is 10.8. The van der Waals surface area contributed by atoms with Gasteiger partial charge in [-0.15, -0.1) is 30.6 Å². The van der Waals surface area contributed by atoms with Crippen LogP contribution in [-0.4, -0.2) is 51.3 Å². The molecule has 1 N–H and O–H groups in total. The number of rotatable bonds is 11. The van der Waals surface area contributed by atoms with E-state index in [0.717, 1.165) is 45.0 Å². The van der Waals surface area contributed by atoms with Crippen LogP contribution in [0.15, 0.2) is 17.6 Å². The first-order valence-electron chi connectivity index (χ1n) is 7.35. The zero-order valence-electron chi connectivity index (χ0n) is 13.4. The smallest absolute Gasteiger partial charge is 0.193 e. The van der Waals surface area contributed by atoms with Gasteiger partial charge >= 0.3 is 0 Å². The highest BCUT2D eigenvalue weighted by Gasteiger charge is 2.04. The molecule has 0 aromatic heterocycles. The molecule has 0 bridgehead atoms. The van der Waals surface area contributed by atoms with Crippen LogP contribution in [0.5, 0.6) is 0 Å². The van der Waals surface area contributed by atoms with Crippen LogP contribution in [0, 0.1) is 0 Å². The average Bonchev–Trinajstić information content (AvgIpc) is 2.42. The van der Waals surface area contributed by atoms with Gasteiger partial charge in [0.2, 0.25) is 0 Å². The molecule has 0 aliphatic carbocycles. The molecule has 0 saturated carbocycles. The molecule has 20 heavy (non-hydrogen) atoms. The van der Waals surface area contributed by atoms with Gasteiger partial charge in [0, 0.05) is 40.4 Å². The SMILES string of the molecule is C=CCCCCCN(C)C(=NCCCOC)NCC.I. The highest BCUT2D eigenvalue weighted by molar-refractivity contribution is 14.0. The van der Waals surface area contributed by atoms with E-state index in [0.29, 0.717) is 0 Å². The molecule has 0 spiro atoms. The molecule has 0 atom stereocenters. The van der Waals surface area contributed by atoms with Crippen molar-refractivity contribution in [3.8, 4) is 0 Å². The Balaban J connectivity index is 0. The summed E-state index contributed by atoms with van der Waals surface area (Å²) >= 11 is 0. The predicted molar refractivity (Wildman–Crippen MR) is 99.2 cm³/mol. The van der Waals surface area contributed by atoms with Crippen molar-refractivity contribution in [3.05, 3.63) is 12.7 Å². The number of unbranched alkanes of at least 4 members (excludes halogenated alkanes) is 3. The molecule has 0 radical (unpaired) electrons. The van der Waals surface area contributed by atoms with Gasteiger partial charge < -0.3 is 15.0 Å². The summed E-state index contributed by atoms with van der Waals surface area (Å²) in [7, 11) is 3.83. The van der Waals surface area contributed by atoms with Crippen molar-refractivity contribution >= 4 is 29.9 Å². The fraction of sp³-hybridized carbons (Fsp3) is 0.800. The number of hydrogen-bond donors (Lipinski definition) is 1. The molecular formula is C15H32IN3O. The second-order valence-electron chi connectivity index (χ2n) is 4.64. The standard InChI is InChI=1S/C15H31N3O.HI/c1-5-7-8-9-10-13-18(3)15(16-6-2)17-12-11-14-19-4;/h5H,1,6-14H2,2-4H3,(H,16,17);1H. The van der Waals surface area contributed by atoms with Crippen LogP contribution in [0.1, 0.15) is 39.0 Å². The molecule has 0 aliphatic rings. The minimum Gasteiger partial charge on any atom is -0.385 e. The van der Waals surface area contributed by atoms with E-state index in [1.165, 1.54) is 19.3 Å². The predicted octanol–water partition coefficient (Wildman–Crippen LogP) is 3.28. The number of nitrogens with zero attached hydrogens (tertiary/aromatic N) is 2. The lowest BCUT2D eigenvalue weighted by atomic mass is 10.2. The van der Waals surface area contributed by atoms with Gasteiger partial charge in [0.25, 0.3) is 0 Å². The zero-order valence-corrected chi connectivity index (χ0v) is 15.7. The molecule has 0 aromatic rings.